The van der Waals surface area contributed by atoms with Gasteiger partial charge in [0.05, 0.1) is 6.61 Å². The Hall–Kier alpha value is -1.06. The monoisotopic (exact) mass is 145 g/mol. The zero-order valence-corrected chi connectivity index (χ0v) is 6.38. The summed E-state index contributed by atoms with van der Waals surface area (Å²) in [6, 6.07) is 0. The van der Waals surface area contributed by atoms with Gasteiger partial charge >= 0.3 is 6.16 Å². The van der Waals surface area contributed by atoms with Gasteiger partial charge < -0.3 is 9.47 Å². The van der Waals surface area contributed by atoms with E-state index in [9.17, 15) is 4.79 Å². The van der Waals surface area contributed by atoms with Crippen LogP contribution in [0, 0.1) is 0 Å². The molecule has 0 unspecified atom stereocenters. The second-order valence-electron chi connectivity index (χ2n) is 1.53. The summed E-state index contributed by atoms with van der Waals surface area (Å²) in [6.07, 6.45) is -0.703. The van der Waals surface area contributed by atoms with E-state index in [0.29, 0.717) is 12.5 Å². The number of hydrogen-bond donors (Lipinski definition) is 0. The minimum Gasteiger partial charge on any atom is -0.434 e. The second kappa shape index (κ2) is 4.78. The Morgan fingerprint density at radius 2 is 2.20 bits per heavy atom. The smallest absolute Gasteiger partial charge is 0.434 e. The first kappa shape index (κ1) is 8.94. The fraction of sp³-hybridized carbons (Fsp3) is 0.667. The van der Waals surface area contributed by atoms with Crippen LogP contribution >= 0.6 is 0 Å². The Balaban J connectivity index is 3.58. The van der Waals surface area contributed by atoms with Crippen LogP contribution in [-0.2, 0) is 9.47 Å². The van der Waals surface area contributed by atoms with Crippen molar-refractivity contribution in [3.8, 4) is 0 Å². The summed E-state index contributed by atoms with van der Waals surface area (Å²) in [4.78, 5) is 14.1. The van der Waals surface area contributed by atoms with Crippen molar-refractivity contribution in [1.29, 1.82) is 0 Å². The number of rotatable bonds is 1. The van der Waals surface area contributed by atoms with Gasteiger partial charge in [-0.15, -0.1) is 0 Å². The molecule has 4 heteroatoms. The molecule has 58 valence electrons. The average Bonchev–Trinajstić information content (AvgIpc) is 1.88. The minimum absolute atomic E-state index is 0.304. The Labute approximate surface area is 59.8 Å². The molecule has 0 rings (SSSR count). The lowest BCUT2D eigenvalue weighted by Gasteiger charge is -2.00. The summed E-state index contributed by atoms with van der Waals surface area (Å²) in [7, 11) is 1.54. The highest BCUT2D eigenvalue weighted by molar-refractivity contribution is 5.83. The van der Waals surface area contributed by atoms with Gasteiger partial charge in [0.25, 0.3) is 0 Å². The topological polar surface area (TPSA) is 47.9 Å². The summed E-state index contributed by atoms with van der Waals surface area (Å²) < 4.78 is 9.00. The minimum atomic E-state index is -0.703. The third-order valence-electron chi connectivity index (χ3n) is 0.808. The summed E-state index contributed by atoms with van der Waals surface area (Å²) in [5.41, 5.74) is 0. The van der Waals surface area contributed by atoms with Gasteiger partial charge in [0.1, 0.15) is 0 Å². The fourth-order valence-corrected chi connectivity index (χ4v) is 0.314. The maximum absolute atomic E-state index is 10.5. The predicted molar refractivity (Wildman–Crippen MR) is 37.1 cm³/mol. The van der Waals surface area contributed by atoms with Gasteiger partial charge in [-0.3, -0.25) is 4.99 Å². The molecule has 0 bridgehead atoms. The van der Waals surface area contributed by atoms with E-state index in [0.717, 1.165) is 0 Å². The molecule has 0 fully saturated rings. The number of aliphatic imine (C=N–C) groups is 1. The summed E-state index contributed by atoms with van der Waals surface area (Å²) >= 11 is 0. The third kappa shape index (κ3) is 3.88. The Kier molecular flexibility index (Phi) is 4.28. The van der Waals surface area contributed by atoms with Gasteiger partial charge in [-0.2, -0.15) is 0 Å². The first-order chi connectivity index (χ1) is 4.70. The summed E-state index contributed by atoms with van der Waals surface area (Å²) in [5, 5.41) is 0. The molecule has 0 aliphatic carbocycles. The van der Waals surface area contributed by atoms with Crippen LogP contribution in [0.1, 0.15) is 13.8 Å². The van der Waals surface area contributed by atoms with Crippen molar-refractivity contribution in [1.82, 2.24) is 0 Å². The van der Waals surface area contributed by atoms with E-state index in [1.165, 1.54) is 7.05 Å². The highest BCUT2D eigenvalue weighted by atomic mass is 16.7. The normalized spacial score (nSPS) is 10.9. The van der Waals surface area contributed by atoms with Crippen LogP contribution < -0.4 is 0 Å². The molecular weight excluding hydrogens is 134 g/mol. The lowest BCUT2D eigenvalue weighted by atomic mass is 10.8. The standard InChI is InChI=1S/C6H11NO3/c1-4-9-6(8)10-5(2)7-3/h4H2,1-3H3. The van der Waals surface area contributed by atoms with Crippen molar-refractivity contribution >= 4 is 12.1 Å². The van der Waals surface area contributed by atoms with E-state index in [1.807, 2.05) is 0 Å². The molecule has 0 aliphatic rings. The van der Waals surface area contributed by atoms with Crippen LogP contribution in [0.2, 0.25) is 0 Å². The second-order valence-corrected chi connectivity index (χ2v) is 1.53. The van der Waals surface area contributed by atoms with Crippen molar-refractivity contribution in [3.05, 3.63) is 0 Å². The molecule has 0 aliphatic heterocycles. The molecule has 0 aromatic rings. The maximum atomic E-state index is 10.5. The van der Waals surface area contributed by atoms with E-state index >= 15 is 0 Å². The van der Waals surface area contributed by atoms with Crippen LogP contribution in [0.25, 0.3) is 0 Å². The lowest BCUT2D eigenvalue weighted by Crippen LogP contribution is -2.10. The Morgan fingerprint density at radius 1 is 1.60 bits per heavy atom. The van der Waals surface area contributed by atoms with E-state index in [4.69, 9.17) is 0 Å². The number of ether oxygens (including phenoxy) is 2. The maximum Gasteiger partial charge on any atom is 0.514 e. The molecule has 10 heavy (non-hydrogen) atoms. The molecule has 0 amide bonds. The van der Waals surface area contributed by atoms with Crippen LogP contribution in [0.4, 0.5) is 4.79 Å². The number of nitrogens with zero attached hydrogens (tertiary/aromatic N) is 1. The van der Waals surface area contributed by atoms with Gasteiger partial charge in [-0.05, 0) is 6.92 Å². The highest BCUT2D eigenvalue weighted by Crippen LogP contribution is 1.86. The predicted octanol–water partition coefficient (Wildman–Crippen LogP) is 1.21. The van der Waals surface area contributed by atoms with Gasteiger partial charge in [-0.1, -0.05) is 0 Å². The Morgan fingerprint density at radius 3 is 2.60 bits per heavy atom. The first-order valence-electron chi connectivity index (χ1n) is 2.98. The molecule has 0 heterocycles. The molecule has 4 nitrogen and oxygen atoms in total. The number of carbonyl (C=O) groups is 1. The van der Waals surface area contributed by atoms with E-state index in [2.05, 4.69) is 14.5 Å². The van der Waals surface area contributed by atoms with Crippen molar-refractivity contribution in [2.45, 2.75) is 13.8 Å². The molecule has 0 spiro atoms. The quantitative estimate of drug-likeness (QED) is 0.316. The van der Waals surface area contributed by atoms with Gasteiger partial charge in [-0.25, -0.2) is 4.79 Å². The number of carbonyl (C=O) groups excluding carboxylic acids is 1. The fourth-order valence-electron chi connectivity index (χ4n) is 0.314. The molecule has 0 aromatic carbocycles. The van der Waals surface area contributed by atoms with Crippen LogP contribution in [-0.4, -0.2) is 25.7 Å². The third-order valence-corrected chi connectivity index (χ3v) is 0.808. The largest absolute Gasteiger partial charge is 0.514 e. The summed E-state index contributed by atoms with van der Waals surface area (Å²) in [6.45, 7) is 3.60. The van der Waals surface area contributed by atoms with E-state index < -0.39 is 6.16 Å². The van der Waals surface area contributed by atoms with Crippen LogP contribution in [0.5, 0.6) is 0 Å². The zero-order chi connectivity index (χ0) is 7.98. The van der Waals surface area contributed by atoms with Crippen molar-refractivity contribution in [3.63, 3.8) is 0 Å². The average molecular weight is 145 g/mol. The Bertz CT molecular complexity index is 142. The molecule has 0 aromatic heterocycles. The van der Waals surface area contributed by atoms with Gasteiger partial charge in [0, 0.05) is 14.0 Å². The van der Waals surface area contributed by atoms with Crippen LogP contribution in [0.3, 0.4) is 0 Å². The van der Waals surface area contributed by atoms with Gasteiger partial charge in [0.2, 0.25) is 0 Å². The van der Waals surface area contributed by atoms with Crippen molar-refractivity contribution in [2.24, 2.45) is 4.99 Å². The first-order valence-corrected chi connectivity index (χ1v) is 2.98. The number of hydrogen-bond acceptors (Lipinski definition) is 4. The van der Waals surface area contributed by atoms with E-state index in [1.54, 1.807) is 13.8 Å². The van der Waals surface area contributed by atoms with Crippen LogP contribution in [0.15, 0.2) is 4.99 Å². The molecular formula is C6H11NO3. The van der Waals surface area contributed by atoms with E-state index in [-0.39, 0.29) is 0 Å². The molecule has 0 atom stereocenters. The summed E-state index contributed by atoms with van der Waals surface area (Å²) in [5.74, 6) is 0.304. The van der Waals surface area contributed by atoms with Gasteiger partial charge in [0.15, 0.2) is 5.90 Å². The molecule has 0 radical (unpaired) electrons. The molecule has 0 N–H and O–H groups in total. The lowest BCUT2D eigenvalue weighted by molar-refractivity contribution is 0.100. The molecule has 0 saturated carbocycles. The zero-order valence-electron chi connectivity index (χ0n) is 6.38. The SMILES string of the molecule is CCOC(=O)OC(C)=NC. The molecule has 0 saturated heterocycles. The van der Waals surface area contributed by atoms with Crippen molar-refractivity contribution < 1.29 is 14.3 Å². The van der Waals surface area contributed by atoms with Crippen molar-refractivity contribution in [2.75, 3.05) is 13.7 Å². The highest BCUT2D eigenvalue weighted by Gasteiger charge is 2.02.